The van der Waals surface area contributed by atoms with Gasteiger partial charge in [-0.25, -0.2) is 0 Å². The summed E-state index contributed by atoms with van der Waals surface area (Å²) >= 11 is 0. The van der Waals surface area contributed by atoms with Crippen molar-refractivity contribution in [3.63, 3.8) is 0 Å². The zero-order chi connectivity index (χ0) is 18.5. The molecule has 0 aliphatic carbocycles. The van der Waals surface area contributed by atoms with E-state index in [1.807, 2.05) is 47.3 Å². The van der Waals surface area contributed by atoms with E-state index < -0.39 is 0 Å². The van der Waals surface area contributed by atoms with Crippen molar-refractivity contribution in [1.82, 2.24) is 24.9 Å². The fourth-order valence-electron chi connectivity index (χ4n) is 3.03. The minimum atomic E-state index is 0.554. The van der Waals surface area contributed by atoms with Crippen LogP contribution >= 0.6 is 0 Å². The Kier molecular flexibility index (Phi) is 5.07. The van der Waals surface area contributed by atoms with Gasteiger partial charge < -0.3 is 4.42 Å². The van der Waals surface area contributed by atoms with E-state index in [4.69, 9.17) is 4.42 Å². The third kappa shape index (κ3) is 4.30. The van der Waals surface area contributed by atoms with E-state index in [0.29, 0.717) is 18.3 Å². The summed E-state index contributed by atoms with van der Waals surface area (Å²) in [5.41, 5.74) is 3.45. The average molecular weight is 359 g/mol. The second kappa shape index (κ2) is 7.97. The fraction of sp³-hybridized carbons (Fsp3) is 0.190. The number of aromatic nitrogens is 4. The Hall–Kier alpha value is -3.25. The lowest BCUT2D eigenvalue weighted by molar-refractivity contribution is 0.282. The molecular formula is C21H21N5O. The summed E-state index contributed by atoms with van der Waals surface area (Å²) in [7, 11) is 2.05. The van der Waals surface area contributed by atoms with E-state index in [-0.39, 0.29) is 0 Å². The lowest BCUT2D eigenvalue weighted by Gasteiger charge is -2.17. The molecule has 2 aromatic carbocycles. The highest BCUT2D eigenvalue weighted by molar-refractivity contribution is 5.51. The normalized spacial score (nSPS) is 11.2. The molecule has 0 atom stereocenters. The largest absolute Gasteiger partial charge is 0.419 e. The van der Waals surface area contributed by atoms with E-state index in [1.165, 1.54) is 11.1 Å². The molecule has 4 aromatic rings. The second-order valence-electron chi connectivity index (χ2n) is 6.51. The van der Waals surface area contributed by atoms with Gasteiger partial charge in [-0.3, -0.25) is 9.58 Å². The highest BCUT2D eigenvalue weighted by Gasteiger charge is 2.12. The van der Waals surface area contributed by atoms with Crippen LogP contribution in [0.3, 0.4) is 0 Å². The van der Waals surface area contributed by atoms with Crippen LogP contribution in [-0.4, -0.2) is 31.9 Å². The molecule has 0 fully saturated rings. The smallest absolute Gasteiger partial charge is 0.247 e. The molecule has 136 valence electrons. The van der Waals surface area contributed by atoms with Gasteiger partial charge >= 0.3 is 0 Å². The van der Waals surface area contributed by atoms with E-state index in [1.54, 1.807) is 6.20 Å². The molecule has 2 aromatic heterocycles. The van der Waals surface area contributed by atoms with E-state index in [0.717, 1.165) is 18.7 Å². The first-order chi connectivity index (χ1) is 13.3. The molecule has 0 radical (unpaired) electrons. The lowest BCUT2D eigenvalue weighted by atomic mass is 10.1. The number of nitrogens with zero attached hydrogens (tertiary/aromatic N) is 5. The maximum atomic E-state index is 5.82. The SMILES string of the molecule is CN(Cc1nnc(-c2ccccc2)o1)Cc1ccccc1Cn1cccn1. The third-order valence-electron chi connectivity index (χ3n) is 4.34. The quantitative estimate of drug-likeness (QED) is 0.504. The summed E-state index contributed by atoms with van der Waals surface area (Å²) in [6, 6.07) is 20.2. The van der Waals surface area contributed by atoms with Crippen LogP contribution in [0.15, 0.2) is 77.5 Å². The van der Waals surface area contributed by atoms with Crippen LogP contribution in [0.25, 0.3) is 11.5 Å². The third-order valence-corrected chi connectivity index (χ3v) is 4.34. The zero-order valence-corrected chi connectivity index (χ0v) is 15.2. The second-order valence-corrected chi connectivity index (χ2v) is 6.51. The molecule has 6 nitrogen and oxygen atoms in total. The number of hydrogen-bond acceptors (Lipinski definition) is 5. The molecule has 4 rings (SSSR count). The highest BCUT2D eigenvalue weighted by atomic mass is 16.4. The Labute approximate surface area is 158 Å². The molecule has 0 unspecified atom stereocenters. The summed E-state index contributed by atoms with van der Waals surface area (Å²) in [4.78, 5) is 2.17. The molecule has 2 heterocycles. The van der Waals surface area contributed by atoms with Crippen molar-refractivity contribution in [3.8, 4) is 11.5 Å². The van der Waals surface area contributed by atoms with Gasteiger partial charge in [0, 0.05) is 24.5 Å². The van der Waals surface area contributed by atoms with Gasteiger partial charge in [-0.15, -0.1) is 10.2 Å². The van der Waals surface area contributed by atoms with Crippen molar-refractivity contribution in [2.45, 2.75) is 19.6 Å². The van der Waals surface area contributed by atoms with Crippen LogP contribution in [0.5, 0.6) is 0 Å². The Bertz CT molecular complexity index is 979. The van der Waals surface area contributed by atoms with Gasteiger partial charge in [0.2, 0.25) is 11.8 Å². The number of benzene rings is 2. The Morgan fingerprint density at radius 1 is 0.889 bits per heavy atom. The van der Waals surface area contributed by atoms with Gasteiger partial charge in [-0.05, 0) is 36.4 Å². The van der Waals surface area contributed by atoms with Gasteiger partial charge in [0.15, 0.2) is 0 Å². The maximum absolute atomic E-state index is 5.82. The fourth-order valence-corrected chi connectivity index (χ4v) is 3.03. The van der Waals surface area contributed by atoms with Crippen LogP contribution in [0.1, 0.15) is 17.0 Å². The molecule has 27 heavy (non-hydrogen) atoms. The van der Waals surface area contributed by atoms with Crippen molar-refractivity contribution >= 4 is 0 Å². The molecule has 0 aliphatic rings. The molecular weight excluding hydrogens is 338 g/mol. The molecule has 6 heteroatoms. The van der Waals surface area contributed by atoms with Crippen LogP contribution in [0.4, 0.5) is 0 Å². The predicted molar refractivity (Wildman–Crippen MR) is 103 cm³/mol. The minimum absolute atomic E-state index is 0.554. The first-order valence-corrected chi connectivity index (χ1v) is 8.88. The monoisotopic (exact) mass is 359 g/mol. The topological polar surface area (TPSA) is 60.0 Å². The maximum Gasteiger partial charge on any atom is 0.247 e. The highest BCUT2D eigenvalue weighted by Crippen LogP contribution is 2.18. The molecule has 0 aliphatic heterocycles. The van der Waals surface area contributed by atoms with Crippen LogP contribution < -0.4 is 0 Å². The number of hydrogen-bond donors (Lipinski definition) is 0. The van der Waals surface area contributed by atoms with Crippen molar-refractivity contribution in [3.05, 3.63) is 90.1 Å². The van der Waals surface area contributed by atoms with Crippen molar-refractivity contribution in [1.29, 1.82) is 0 Å². The van der Waals surface area contributed by atoms with Gasteiger partial charge in [-0.2, -0.15) is 5.10 Å². The van der Waals surface area contributed by atoms with Gasteiger partial charge in [-0.1, -0.05) is 42.5 Å². The predicted octanol–water partition coefficient (Wildman–Crippen LogP) is 3.61. The Morgan fingerprint density at radius 2 is 1.67 bits per heavy atom. The molecule has 0 saturated heterocycles. The molecule has 0 N–H and O–H groups in total. The van der Waals surface area contributed by atoms with Crippen LogP contribution in [0.2, 0.25) is 0 Å². The summed E-state index contributed by atoms with van der Waals surface area (Å²) in [6.45, 7) is 2.14. The zero-order valence-electron chi connectivity index (χ0n) is 15.2. The van der Waals surface area contributed by atoms with Gasteiger partial charge in [0.05, 0.1) is 13.1 Å². The van der Waals surface area contributed by atoms with Gasteiger partial charge in [0.25, 0.3) is 0 Å². The summed E-state index contributed by atoms with van der Waals surface area (Å²) in [6.07, 6.45) is 3.78. The van der Waals surface area contributed by atoms with E-state index >= 15 is 0 Å². The van der Waals surface area contributed by atoms with Crippen molar-refractivity contribution in [2.24, 2.45) is 0 Å². The Balaban J connectivity index is 1.43. The number of rotatable bonds is 7. The minimum Gasteiger partial charge on any atom is -0.419 e. The summed E-state index contributed by atoms with van der Waals surface area (Å²) < 4.78 is 7.75. The van der Waals surface area contributed by atoms with Crippen molar-refractivity contribution in [2.75, 3.05) is 7.05 Å². The lowest BCUT2D eigenvalue weighted by Crippen LogP contribution is -2.19. The molecule has 0 spiro atoms. The summed E-state index contributed by atoms with van der Waals surface area (Å²) in [5.74, 6) is 1.17. The van der Waals surface area contributed by atoms with Crippen LogP contribution in [-0.2, 0) is 19.6 Å². The van der Waals surface area contributed by atoms with Gasteiger partial charge in [0.1, 0.15) is 0 Å². The Morgan fingerprint density at radius 3 is 2.44 bits per heavy atom. The summed E-state index contributed by atoms with van der Waals surface area (Å²) in [5, 5.41) is 12.6. The first-order valence-electron chi connectivity index (χ1n) is 8.88. The average Bonchev–Trinajstić information content (AvgIpc) is 3.36. The molecule has 0 saturated carbocycles. The first kappa shape index (κ1) is 17.2. The standard InChI is InChI=1S/C21H21N5O/c1-25(16-20-23-24-21(27-20)17-8-3-2-4-9-17)14-18-10-5-6-11-19(18)15-26-13-7-12-22-26/h2-13H,14-16H2,1H3. The van der Waals surface area contributed by atoms with E-state index in [2.05, 4.69) is 51.5 Å². The van der Waals surface area contributed by atoms with E-state index in [9.17, 15) is 0 Å². The molecule has 0 bridgehead atoms. The van der Waals surface area contributed by atoms with Crippen molar-refractivity contribution < 1.29 is 4.42 Å². The molecule has 0 amide bonds. The van der Waals surface area contributed by atoms with Crippen LogP contribution in [0, 0.1) is 0 Å².